The quantitative estimate of drug-likeness (QED) is 0.368. The molecule has 0 spiro atoms. The maximum atomic E-state index is 12.4. The normalized spacial score (nSPS) is 11.7. The van der Waals surface area contributed by atoms with E-state index in [4.69, 9.17) is 0 Å². The minimum absolute atomic E-state index is 0. The molecule has 2 N–H and O–H groups in total. The van der Waals surface area contributed by atoms with Crippen molar-refractivity contribution in [3.8, 4) is 5.75 Å². The molecule has 0 unspecified atom stereocenters. The zero-order valence-electron chi connectivity index (χ0n) is 14.5. The molecule has 26 heavy (non-hydrogen) atoms. The lowest BCUT2D eigenvalue weighted by atomic mass is 10.2. The molecule has 1 heterocycles. The number of benzene rings is 1. The van der Waals surface area contributed by atoms with Crippen LogP contribution in [0.2, 0.25) is 0 Å². The third-order valence-corrected chi connectivity index (χ3v) is 4.42. The first-order valence-electron chi connectivity index (χ1n) is 7.49. The van der Waals surface area contributed by atoms with Crippen LogP contribution < -0.4 is 15.4 Å². The number of guanidine groups is 1. The lowest BCUT2D eigenvalue weighted by Crippen LogP contribution is -2.36. The topological polar surface area (TPSA) is 58.5 Å². The van der Waals surface area contributed by atoms with Crippen LogP contribution in [0.3, 0.4) is 0 Å². The number of alkyl halides is 3. The molecule has 0 bridgehead atoms. The molecule has 0 aliphatic rings. The number of nitrogens with zero attached hydrogens (tertiary/aromatic N) is 2. The number of thiazole rings is 1. The predicted molar refractivity (Wildman–Crippen MR) is 107 cm³/mol. The molecule has 1 aromatic heterocycles. The van der Waals surface area contributed by atoms with Crippen molar-refractivity contribution in [1.82, 2.24) is 15.6 Å². The molecule has 0 atom stereocenters. The standard InChI is InChI=1S/C16H19F3N4OS.HI/c1-10-11(2)25-14(23-10)9-22-15(20-3)21-8-12-6-4-5-7-13(12)24-16(17,18)19;/h4-7H,8-9H2,1-3H3,(H2,20,21,22);1H. The summed E-state index contributed by atoms with van der Waals surface area (Å²) in [5, 5.41) is 6.98. The highest BCUT2D eigenvalue weighted by Gasteiger charge is 2.31. The van der Waals surface area contributed by atoms with Gasteiger partial charge >= 0.3 is 6.36 Å². The number of para-hydroxylation sites is 1. The van der Waals surface area contributed by atoms with Gasteiger partial charge in [0.05, 0.1) is 12.2 Å². The molecular formula is C16H20F3IN4OS. The Morgan fingerprint density at radius 2 is 1.85 bits per heavy atom. The fourth-order valence-corrected chi connectivity index (χ4v) is 2.92. The highest BCUT2D eigenvalue weighted by molar-refractivity contribution is 14.0. The molecule has 144 valence electrons. The Balaban J connectivity index is 0.00000338. The SMILES string of the molecule is CN=C(NCc1nc(C)c(C)s1)NCc1ccccc1OC(F)(F)F.I. The summed E-state index contributed by atoms with van der Waals surface area (Å²) >= 11 is 1.59. The molecule has 0 saturated carbocycles. The zero-order valence-corrected chi connectivity index (χ0v) is 17.6. The molecule has 2 rings (SSSR count). The average Bonchev–Trinajstić information content (AvgIpc) is 2.86. The van der Waals surface area contributed by atoms with E-state index in [0.29, 0.717) is 18.1 Å². The number of nitrogens with one attached hydrogen (secondary N) is 2. The Morgan fingerprint density at radius 1 is 1.19 bits per heavy atom. The van der Waals surface area contributed by atoms with Gasteiger partial charge in [-0.15, -0.1) is 48.5 Å². The number of hydrogen-bond donors (Lipinski definition) is 2. The van der Waals surface area contributed by atoms with E-state index in [-0.39, 0.29) is 36.3 Å². The fourth-order valence-electron chi connectivity index (χ4n) is 2.05. The lowest BCUT2D eigenvalue weighted by Gasteiger charge is -2.15. The minimum Gasteiger partial charge on any atom is -0.405 e. The van der Waals surface area contributed by atoms with Crippen molar-refractivity contribution in [2.75, 3.05) is 7.05 Å². The lowest BCUT2D eigenvalue weighted by molar-refractivity contribution is -0.274. The summed E-state index contributed by atoms with van der Waals surface area (Å²) in [4.78, 5) is 9.63. The summed E-state index contributed by atoms with van der Waals surface area (Å²) in [5.41, 5.74) is 1.37. The van der Waals surface area contributed by atoms with E-state index < -0.39 is 6.36 Å². The van der Waals surface area contributed by atoms with Crippen LogP contribution in [-0.2, 0) is 13.1 Å². The van der Waals surface area contributed by atoms with Gasteiger partial charge in [-0.1, -0.05) is 18.2 Å². The summed E-state index contributed by atoms with van der Waals surface area (Å²) in [6.45, 7) is 4.57. The third kappa shape index (κ3) is 6.98. The van der Waals surface area contributed by atoms with Gasteiger partial charge in [0.15, 0.2) is 5.96 Å². The van der Waals surface area contributed by atoms with Crippen LogP contribution >= 0.6 is 35.3 Å². The van der Waals surface area contributed by atoms with Crippen molar-refractivity contribution >= 4 is 41.3 Å². The van der Waals surface area contributed by atoms with E-state index >= 15 is 0 Å². The summed E-state index contributed by atoms with van der Waals surface area (Å²) in [6.07, 6.45) is -4.73. The first-order chi connectivity index (χ1) is 11.8. The smallest absolute Gasteiger partial charge is 0.405 e. The maximum Gasteiger partial charge on any atom is 0.573 e. The second-order valence-electron chi connectivity index (χ2n) is 5.18. The number of aryl methyl sites for hydroxylation is 2. The second-order valence-corrected chi connectivity index (χ2v) is 6.47. The van der Waals surface area contributed by atoms with Gasteiger partial charge in [-0.2, -0.15) is 0 Å². The molecule has 0 aliphatic carbocycles. The highest BCUT2D eigenvalue weighted by Crippen LogP contribution is 2.26. The molecule has 0 aliphatic heterocycles. The largest absolute Gasteiger partial charge is 0.573 e. The van der Waals surface area contributed by atoms with Crippen molar-refractivity contribution < 1.29 is 17.9 Å². The Labute approximate surface area is 171 Å². The van der Waals surface area contributed by atoms with Gasteiger partial charge in [0, 0.05) is 24.0 Å². The molecule has 10 heteroatoms. The van der Waals surface area contributed by atoms with Crippen LogP contribution in [-0.4, -0.2) is 24.4 Å². The average molecular weight is 500 g/mol. The van der Waals surface area contributed by atoms with Gasteiger partial charge < -0.3 is 15.4 Å². The van der Waals surface area contributed by atoms with Crippen molar-refractivity contribution in [2.45, 2.75) is 33.3 Å². The Bertz CT molecular complexity index is 730. The van der Waals surface area contributed by atoms with E-state index in [1.807, 2.05) is 13.8 Å². The molecule has 0 radical (unpaired) electrons. The summed E-state index contributed by atoms with van der Waals surface area (Å²) in [5.74, 6) is 0.233. The van der Waals surface area contributed by atoms with E-state index in [2.05, 4.69) is 25.3 Å². The number of aliphatic imine (C=N–C) groups is 1. The van der Waals surface area contributed by atoms with Crippen molar-refractivity contribution in [2.24, 2.45) is 4.99 Å². The van der Waals surface area contributed by atoms with Gasteiger partial charge in [-0.3, -0.25) is 4.99 Å². The molecule has 0 fully saturated rings. The number of halogens is 4. The minimum atomic E-state index is -4.73. The number of hydrogen-bond acceptors (Lipinski definition) is 4. The van der Waals surface area contributed by atoms with Gasteiger partial charge in [0.2, 0.25) is 0 Å². The molecule has 0 amide bonds. The van der Waals surface area contributed by atoms with Gasteiger partial charge in [-0.05, 0) is 19.9 Å². The first kappa shape index (κ1) is 22.5. The van der Waals surface area contributed by atoms with Crippen LogP contribution in [0.5, 0.6) is 5.75 Å². The van der Waals surface area contributed by atoms with E-state index in [1.165, 1.54) is 12.1 Å². The monoisotopic (exact) mass is 500 g/mol. The van der Waals surface area contributed by atoms with Crippen molar-refractivity contribution in [3.05, 3.63) is 45.4 Å². The Kier molecular flexibility index (Phi) is 8.60. The van der Waals surface area contributed by atoms with E-state index in [1.54, 1.807) is 30.5 Å². The maximum absolute atomic E-state index is 12.4. The molecule has 0 saturated heterocycles. The summed E-state index contributed by atoms with van der Waals surface area (Å²) in [6, 6.07) is 5.99. The first-order valence-corrected chi connectivity index (χ1v) is 8.31. The van der Waals surface area contributed by atoms with Gasteiger partial charge in [-0.25, -0.2) is 4.98 Å². The summed E-state index contributed by atoms with van der Waals surface area (Å²) < 4.78 is 41.4. The van der Waals surface area contributed by atoms with Crippen molar-refractivity contribution in [1.29, 1.82) is 0 Å². The predicted octanol–water partition coefficient (Wildman–Crippen LogP) is 4.14. The fraction of sp³-hybridized carbons (Fsp3) is 0.375. The van der Waals surface area contributed by atoms with Crippen LogP contribution in [0.15, 0.2) is 29.3 Å². The Hall–Kier alpha value is -1.56. The van der Waals surface area contributed by atoms with Crippen LogP contribution in [0, 0.1) is 13.8 Å². The molecule has 1 aromatic carbocycles. The number of rotatable bonds is 5. The highest BCUT2D eigenvalue weighted by atomic mass is 127. The van der Waals surface area contributed by atoms with Crippen molar-refractivity contribution in [3.63, 3.8) is 0 Å². The molecule has 2 aromatic rings. The molecular weight excluding hydrogens is 480 g/mol. The van der Waals surface area contributed by atoms with E-state index in [0.717, 1.165) is 15.6 Å². The zero-order chi connectivity index (χ0) is 18.4. The Morgan fingerprint density at radius 3 is 2.42 bits per heavy atom. The van der Waals surface area contributed by atoms with Gasteiger partial charge in [0.25, 0.3) is 0 Å². The van der Waals surface area contributed by atoms with E-state index in [9.17, 15) is 13.2 Å². The van der Waals surface area contributed by atoms with Crippen LogP contribution in [0.25, 0.3) is 0 Å². The summed E-state index contributed by atoms with van der Waals surface area (Å²) in [7, 11) is 1.59. The van der Waals surface area contributed by atoms with Crippen LogP contribution in [0.4, 0.5) is 13.2 Å². The number of ether oxygens (including phenoxy) is 1. The van der Waals surface area contributed by atoms with Gasteiger partial charge in [0.1, 0.15) is 10.8 Å². The molecule has 5 nitrogen and oxygen atoms in total. The second kappa shape index (κ2) is 9.95. The van der Waals surface area contributed by atoms with Crippen LogP contribution in [0.1, 0.15) is 21.1 Å². The third-order valence-electron chi connectivity index (χ3n) is 3.35. The number of aromatic nitrogens is 1.